The third-order valence-corrected chi connectivity index (χ3v) is 4.72. The van der Waals surface area contributed by atoms with Crippen molar-refractivity contribution in [3.63, 3.8) is 0 Å². The van der Waals surface area contributed by atoms with Gasteiger partial charge in [-0.1, -0.05) is 22.9 Å². The molecule has 1 heterocycles. The third-order valence-electron chi connectivity index (χ3n) is 3.48. The average Bonchev–Trinajstić information content (AvgIpc) is 3.06. The summed E-state index contributed by atoms with van der Waals surface area (Å²) in [6.07, 6.45) is 0. The Labute approximate surface area is 168 Å². The first-order valence-corrected chi connectivity index (χ1v) is 8.71. The molecule has 2 aromatic carbocycles. The highest BCUT2D eigenvalue weighted by molar-refractivity contribution is 7.22. The fourth-order valence-electron chi connectivity index (χ4n) is 2.18. The predicted molar refractivity (Wildman–Crippen MR) is 96.5 cm³/mol. The molecule has 3 aromatic rings. The summed E-state index contributed by atoms with van der Waals surface area (Å²) in [6, 6.07) is 3.93. The molecule has 0 radical (unpaired) electrons. The fourth-order valence-corrected chi connectivity index (χ4v) is 3.27. The van der Waals surface area contributed by atoms with Gasteiger partial charge in [0, 0.05) is 6.07 Å². The number of nitro benzene ring substituents is 1. The van der Waals surface area contributed by atoms with Crippen LogP contribution < -0.4 is 5.32 Å². The first-order chi connectivity index (χ1) is 13.7. The molecule has 0 aliphatic heterocycles. The van der Waals surface area contributed by atoms with Gasteiger partial charge in [-0.3, -0.25) is 20.2 Å². The number of fused-ring (bicyclic) bond motifs is 1. The van der Waals surface area contributed by atoms with Crippen molar-refractivity contribution in [2.24, 2.45) is 0 Å². The standard InChI is InChI=1S/C16H7ClF3N3O5S/c17-7-2-1-6(3-9(7)23(26)27)15(25)28-5-11(24)21-16-22-14-10(29-16)4-8(18)12(19)13(14)20/h1-4H,5H2,(H,21,22,24). The molecule has 29 heavy (non-hydrogen) atoms. The molecule has 150 valence electrons. The van der Waals surface area contributed by atoms with Gasteiger partial charge in [0.05, 0.1) is 15.2 Å². The Hall–Kier alpha value is -3.25. The number of halogens is 4. The van der Waals surface area contributed by atoms with Crippen LogP contribution >= 0.6 is 22.9 Å². The summed E-state index contributed by atoms with van der Waals surface area (Å²) in [5.41, 5.74) is -1.18. The lowest BCUT2D eigenvalue weighted by Crippen LogP contribution is -2.20. The first-order valence-electron chi connectivity index (χ1n) is 7.52. The molecule has 13 heteroatoms. The van der Waals surface area contributed by atoms with Crippen molar-refractivity contribution in [2.45, 2.75) is 0 Å². The molecule has 0 atom stereocenters. The summed E-state index contributed by atoms with van der Waals surface area (Å²) in [5, 5.41) is 12.7. The predicted octanol–water partition coefficient (Wildman–Crippen LogP) is 4.07. The van der Waals surface area contributed by atoms with Gasteiger partial charge < -0.3 is 4.74 Å². The van der Waals surface area contributed by atoms with Crippen LogP contribution in [0.5, 0.6) is 0 Å². The van der Waals surface area contributed by atoms with Crippen molar-refractivity contribution >= 4 is 55.8 Å². The summed E-state index contributed by atoms with van der Waals surface area (Å²) in [4.78, 5) is 37.5. The van der Waals surface area contributed by atoms with E-state index in [2.05, 4.69) is 10.3 Å². The molecular weight excluding hydrogens is 439 g/mol. The van der Waals surface area contributed by atoms with Gasteiger partial charge in [0.2, 0.25) is 0 Å². The number of esters is 1. The van der Waals surface area contributed by atoms with Gasteiger partial charge in [-0.25, -0.2) is 22.9 Å². The molecular formula is C16H7ClF3N3O5S. The molecule has 1 amide bonds. The maximum atomic E-state index is 13.7. The molecule has 3 rings (SSSR count). The minimum atomic E-state index is -1.69. The lowest BCUT2D eigenvalue weighted by Gasteiger charge is -2.05. The van der Waals surface area contributed by atoms with Gasteiger partial charge >= 0.3 is 5.97 Å². The van der Waals surface area contributed by atoms with E-state index in [0.717, 1.165) is 18.2 Å². The molecule has 0 saturated carbocycles. The Morgan fingerprint density at radius 3 is 2.66 bits per heavy atom. The maximum Gasteiger partial charge on any atom is 0.338 e. The van der Waals surface area contributed by atoms with Gasteiger partial charge in [0.15, 0.2) is 29.2 Å². The number of aromatic nitrogens is 1. The molecule has 0 aliphatic rings. The molecule has 1 N–H and O–H groups in total. The van der Waals surface area contributed by atoms with Gasteiger partial charge in [-0.2, -0.15) is 0 Å². The molecule has 0 spiro atoms. The highest BCUT2D eigenvalue weighted by atomic mass is 35.5. The number of hydrogen-bond donors (Lipinski definition) is 1. The number of carbonyl (C=O) groups excluding carboxylic acids is 2. The summed E-state index contributed by atoms with van der Waals surface area (Å²) in [5.74, 6) is -6.48. The van der Waals surface area contributed by atoms with Crippen LogP contribution in [0.15, 0.2) is 24.3 Å². The van der Waals surface area contributed by atoms with E-state index in [1.165, 1.54) is 6.07 Å². The molecule has 0 fully saturated rings. The zero-order chi connectivity index (χ0) is 21.3. The van der Waals surface area contributed by atoms with Crippen molar-refractivity contribution < 1.29 is 32.4 Å². The number of rotatable bonds is 5. The van der Waals surface area contributed by atoms with E-state index < -0.39 is 52.1 Å². The minimum Gasteiger partial charge on any atom is -0.452 e. The van der Waals surface area contributed by atoms with Crippen molar-refractivity contribution in [3.05, 3.63) is 62.4 Å². The van der Waals surface area contributed by atoms with Crippen molar-refractivity contribution in [1.29, 1.82) is 0 Å². The monoisotopic (exact) mass is 445 g/mol. The summed E-state index contributed by atoms with van der Waals surface area (Å²) in [7, 11) is 0. The van der Waals surface area contributed by atoms with Crippen LogP contribution in [0.1, 0.15) is 10.4 Å². The average molecular weight is 446 g/mol. The lowest BCUT2D eigenvalue weighted by molar-refractivity contribution is -0.384. The van der Waals surface area contributed by atoms with E-state index in [1.54, 1.807) is 0 Å². The Bertz CT molecular complexity index is 1170. The van der Waals surface area contributed by atoms with E-state index in [4.69, 9.17) is 16.3 Å². The number of ether oxygens (including phenoxy) is 1. The van der Waals surface area contributed by atoms with Crippen LogP contribution in [-0.4, -0.2) is 28.4 Å². The second kappa shape index (κ2) is 8.01. The topological polar surface area (TPSA) is 111 Å². The van der Waals surface area contributed by atoms with E-state index in [1.807, 2.05) is 0 Å². The van der Waals surface area contributed by atoms with Crippen LogP contribution in [0.3, 0.4) is 0 Å². The number of carbonyl (C=O) groups is 2. The van der Waals surface area contributed by atoms with Crippen LogP contribution in [0.25, 0.3) is 10.2 Å². The van der Waals surface area contributed by atoms with E-state index in [0.29, 0.717) is 11.3 Å². The molecule has 0 aliphatic carbocycles. The zero-order valence-corrected chi connectivity index (χ0v) is 15.4. The van der Waals surface area contributed by atoms with Gasteiger partial charge in [-0.15, -0.1) is 0 Å². The third kappa shape index (κ3) is 4.27. The lowest BCUT2D eigenvalue weighted by atomic mass is 10.2. The Morgan fingerprint density at radius 1 is 1.24 bits per heavy atom. The minimum absolute atomic E-state index is 0.0397. The quantitative estimate of drug-likeness (QED) is 0.274. The molecule has 1 aromatic heterocycles. The number of nitrogens with one attached hydrogen (secondary N) is 1. The largest absolute Gasteiger partial charge is 0.452 e. The van der Waals surface area contributed by atoms with E-state index in [9.17, 15) is 32.9 Å². The fraction of sp³-hybridized carbons (Fsp3) is 0.0625. The highest BCUT2D eigenvalue weighted by Crippen LogP contribution is 2.30. The van der Waals surface area contributed by atoms with Crippen LogP contribution in [0.2, 0.25) is 5.02 Å². The van der Waals surface area contributed by atoms with E-state index in [-0.39, 0.29) is 20.4 Å². The van der Waals surface area contributed by atoms with Crippen molar-refractivity contribution in [2.75, 3.05) is 11.9 Å². The van der Waals surface area contributed by atoms with Gasteiger partial charge in [0.1, 0.15) is 10.5 Å². The summed E-state index contributed by atoms with van der Waals surface area (Å²) < 4.78 is 44.8. The number of anilines is 1. The zero-order valence-electron chi connectivity index (χ0n) is 13.9. The molecule has 0 bridgehead atoms. The smallest absolute Gasteiger partial charge is 0.338 e. The summed E-state index contributed by atoms with van der Waals surface area (Å²) in [6.45, 7) is -0.795. The number of nitro groups is 1. The van der Waals surface area contributed by atoms with Crippen molar-refractivity contribution in [3.8, 4) is 0 Å². The second-order valence-corrected chi connectivity index (χ2v) is 6.84. The normalized spacial score (nSPS) is 10.8. The van der Waals surface area contributed by atoms with Crippen molar-refractivity contribution in [1.82, 2.24) is 4.98 Å². The maximum absolute atomic E-state index is 13.7. The number of amides is 1. The molecule has 0 saturated heterocycles. The Kier molecular flexibility index (Phi) is 5.66. The number of thiazole rings is 1. The Morgan fingerprint density at radius 2 is 1.97 bits per heavy atom. The van der Waals surface area contributed by atoms with Crippen LogP contribution in [0, 0.1) is 27.6 Å². The van der Waals surface area contributed by atoms with E-state index >= 15 is 0 Å². The van der Waals surface area contributed by atoms with Crippen LogP contribution in [-0.2, 0) is 9.53 Å². The number of benzene rings is 2. The van der Waals surface area contributed by atoms with Crippen LogP contribution in [0.4, 0.5) is 24.0 Å². The first kappa shape index (κ1) is 20.5. The van der Waals surface area contributed by atoms with Gasteiger partial charge in [0.25, 0.3) is 11.6 Å². The molecule has 8 nitrogen and oxygen atoms in total. The van der Waals surface area contributed by atoms with Gasteiger partial charge in [-0.05, 0) is 18.2 Å². The number of hydrogen-bond acceptors (Lipinski definition) is 7. The number of nitrogens with zero attached hydrogens (tertiary/aromatic N) is 2. The highest BCUT2D eigenvalue weighted by Gasteiger charge is 2.20. The molecule has 0 unspecified atom stereocenters. The SMILES string of the molecule is O=C(COC(=O)c1ccc(Cl)c([N+](=O)[O-])c1)Nc1nc2c(F)c(F)c(F)cc2s1. The Balaban J connectivity index is 1.66. The summed E-state index contributed by atoms with van der Waals surface area (Å²) >= 11 is 6.32. The second-order valence-electron chi connectivity index (χ2n) is 5.40.